The fraction of sp³-hybridized carbons (Fsp3) is 0.750. The van der Waals surface area contributed by atoms with Gasteiger partial charge in [-0.05, 0) is 79.1 Å². The highest BCUT2D eigenvalue weighted by Crippen LogP contribution is 2.45. The molecular formula is C16H27BrN2S. The molecule has 4 heteroatoms. The number of halogens is 1. The van der Waals surface area contributed by atoms with Crippen molar-refractivity contribution in [1.29, 1.82) is 0 Å². The van der Waals surface area contributed by atoms with Gasteiger partial charge < -0.3 is 10.2 Å². The monoisotopic (exact) mass is 358 g/mol. The van der Waals surface area contributed by atoms with Crippen LogP contribution in [-0.4, -0.2) is 31.1 Å². The summed E-state index contributed by atoms with van der Waals surface area (Å²) in [5, 5.41) is 8.28. The van der Waals surface area contributed by atoms with Gasteiger partial charge in [0.1, 0.15) is 0 Å². The number of hydrogen-bond donors (Lipinski definition) is 1. The van der Waals surface area contributed by atoms with Crippen molar-refractivity contribution >= 4 is 27.3 Å². The van der Waals surface area contributed by atoms with Gasteiger partial charge in [-0.15, -0.1) is 0 Å². The Morgan fingerprint density at radius 3 is 2.50 bits per heavy atom. The van der Waals surface area contributed by atoms with Crippen molar-refractivity contribution in [2.75, 3.05) is 20.6 Å². The predicted octanol–water partition coefficient (Wildman–Crippen LogP) is 4.67. The average Bonchev–Trinajstić information content (AvgIpc) is 2.83. The van der Waals surface area contributed by atoms with Gasteiger partial charge in [0.25, 0.3) is 0 Å². The van der Waals surface area contributed by atoms with Crippen LogP contribution in [0.25, 0.3) is 0 Å². The summed E-state index contributed by atoms with van der Waals surface area (Å²) < 4.78 is 1.26. The molecule has 1 atom stereocenters. The highest BCUT2D eigenvalue weighted by molar-refractivity contribution is 9.10. The van der Waals surface area contributed by atoms with Crippen molar-refractivity contribution in [3.05, 3.63) is 20.8 Å². The van der Waals surface area contributed by atoms with E-state index in [1.54, 1.807) is 11.3 Å². The molecule has 1 unspecified atom stereocenters. The third-order valence-corrected chi connectivity index (χ3v) is 6.68. The topological polar surface area (TPSA) is 15.3 Å². The molecule has 114 valence electrons. The summed E-state index contributed by atoms with van der Waals surface area (Å²) in [7, 11) is 4.50. The van der Waals surface area contributed by atoms with Crippen LogP contribution in [-0.2, 0) is 0 Å². The standard InChI is InChI=1S/C16H27BrN2S/c1-5-18-15(13-10-20-11-14(13)17)16(19(3)4)8-6-12(2)7-9-16/h10-12,15,18H,5-9H2,1-4H3. The van der Waals surface area contributed by atoms with Gasteiger partial charge >= 0.3 is 0 Å². The van der Waals surface area contributed by atoms with E-state index in [0.717, 1.165) is 12.5 Å². The SMILES string of the molecule is CCNC(c1cscc1Br)C1(N(C)C)CCC(C)CC1. The highest BCUT2D eigenvalue weighted by Gasteiger charge is 2.44. The van der Waals surface area contributed by atoms with Crippen molar-refractivity contribution in [3.63, 3.8) is 0 Å². The minimum absolute atomic E-state index is 0.242. The molecule has 1 aromatic heterocycles. The third kappa shape index (κ3) is 3.13. The normalized spacial score (nSPS) is 28.8. The summed E-state index contributed by atoms with van der Waals surface area (Å²) in [6.07, 6.45) is 5.23. The first-order valence-corrected chi connectivity index (χ1v) is 9.37. The average molecular weight is 359 g/mol. The van der Waals surface area contributed by atoms with E-state index in [1.165, 1.54) is 35.7 Å². The Balaban J connectivity index is 2.36. The fourth-order valence-electron chi connectivity index (χ4n) is 3.55. The van der Waals surface area contributed by atoms with E-state index in [9.17, 15) is 0 Å². The summed E-state index contributed by atoms with van der Waals surface area (Å²) in [4.78, 5) is 2.47. The molecule has 1 heterocycles. The summed E-state index contributed by atoms with van der Waals surface area (Å²) in [6, 6.07) is 0.413. The molecule has 1 N–H and O–H groups in total. The van der Waals surface area contributed by atoms with Crippen LogP contribution in [0.5, 0.6) is 0 Å². The van der Waals surface area contributed by atoms with E-state index in [0.29, 0.717) is 6.04 Å². The Bertz CT molecular complexity index is 422. The van der Waals surface area contributed by atoms with Crippen LogP contribution in [0, 0.1) is 5.92 Å². The second-order valence-electron chi connectivity index (χ2n) is 6.35. The number of thiophene rings is 1. The van der Waals surface area contributed by atoms with Gasteiger partial charge in [-0.1, -0.05) is 13.8 Å². The summed E-state index contributed by atoms with van der Waals surface area (Å²) >= 11 is 5.53. The minimum Gasteiger partial charge on any atom is -0.309 e. The lowest BCUT2D eigenvalue weighted by molar-refractivity contribution is 0.0433. The Morgan fingerprint density at radius 1 is 1.40 bits per heavy atom. The lowest BCUT2D eigenvalue weighted by Gasteiger charge is -2.50. The third-order valence-electron chi connectivity index (χ3n) is 4.93. The Kier molecular flexibility index (Phi) is 5.69. The molecule has 0 spiro atoms. The molecule has 2 rings (SSSR count). The zero-order valence-electron chi connectivity index (χ0n) is 13.1. The second kappa shape index (κ2) is 6.91. The van der Waals surface area contributed by atoms with Crippen LogP contribution in [0.1, 0.15) is 51.1 Å². The van der Waals surface area contributed by atoms with Crippen LogP contribution >= 0.6 is 27.3 Å². The first-order chi connectivity index (χ1) is 9.51. The molecule has 1 saturated carbocycles. The van der Waals surface area contributed by atoms with E-state index < -0.39 is 0 Å². The van der Waals surface area contributed by atoms with Crippen molar-refractivity contribution < 1.29 is 0 Å². The number of nitrogens with one attached hydrogen (secondary N) is 1. The van der Waals surface area contributed by atoms with Crippen molar-refractivity contribution in [2.45, 2.75) is 51.1 Å². The van der Waals surface area contributed by atoms with Crippen LogP contribution in [0.4, 0.5) is 0 Å². The van der Waals surface area contributed by atoms with Crippen molar-refractivity contribution in [2.24, 2.45) is 5.92 Å². The van der Waals surface area contributed by atoms with Crippen LogP contribution in [0.3, 0.4) is 0 Å². The van der Waals surface area contributed by atoms with Gasteiger partial charge in [-0.2, -0.15) is 11.3 Å². The van der Waals surface area contributed by atoms with Gasteiger partial charge in [0.15, 0.2) is 0 Å². The first kappa shape index (κ1) is 16.5. The van der Waals surface area contributed by atoms with E-state index in [1.807, 2.05) is 0 Å². The smallest absolute Gasteiger partial charge is 0.0526 e. The molecule has 0 aromatic carbocycles. The highest BCUT2D eigenvalue weighted by atomic mass is 79.9. The molecule has 0 radical (unpaired) electrons. The molecule has 1 aliphatic carbocycles. The molecule has 0 bridgehead atoms. The van der Waals surface area contributed by atoms with Gasteiger partial charge in [0, 0.05) is 15.4 Å². The Hall–Kier alpha value is 0.1000. The number of likely N-dealkylation sites (N-methyl/N-ethyl adjacent to an activating group) is 2. The molecule has 20 heavy (non-hydrogen) atoms. The maximum atomic E-state index is 3.77. The van der Waals surface area contributed by atoms with Gasteiger partial charge in [-0.25, -0.2) is 0 Å². The molecule has 1 aromatic rings. The van der Waals surface area contributed by atoms with Crippen molar-refractivity contribution in [3.8, 4) is 0 Å². The predicted molar refractivity (Wildman–Crippen MR) is 92.5 cm³/mol. The molecule has 1 fully saturated rings. The quantitative estimate of drug-likeness (QED) is 0.822. The number of rotatable bonds is 5. The largest absolute Gasteiger partial charge is 0.309 e. The summed E-state index contributed by atoms with van der Waals surface area (Å²) in [6.45, 7) is 5.61. The number of nitrogens with zero attached hydrogens (tertiary/aromatic N) is 1. The molecule has 0 saturated heterocycles. The molecule has 0 amide bonds. The van der Waals surface area contributed by atoms with Gasteiger partial charge in [0.2, 0.25) is 0 Å². The molecule has 2 nitrogen and oxygen atoms in total. The van der Waals surface area contributed by atoms with E-state index in [2.05, 4.69) is 64.8 Å². The second-order valence-corrected chi connectivity index (χ2v) is 7.94. The molecular weight excluding hydrogens is 332 g/mol. The fourth-order valence-corrected chi connectivity index (χ4v) is 5.10. The maximum absolute atomic E-state index is 3.77. The minimum atomic E-state index is 0.242. The van der Waals surface area contributed by atoms with Crippen LogP contribution < -0.4 is 5.32 Å². The Morgan fingerprint density at radius 2 is 2.05 bits per heavy atom. The van der Waals surface area contributed by atoms with E-state index in [-0.39, 0.29) is 5.54 Å². The molecule has 0 aliphatic heterocycles. The van der Waals surface area contributed by atoms with Gasteiger partial charge in [0.05, 0.1) is 6.04 Å². The van der Waals surface area contributed by atoms with Gasteiger partial charge in [-0.3, -0.25) is 0 Å². The molecule has 1 aliphatic rings. The Labute approximate surface area is 136 Å². The lowest BCUT2D eigenvalue weighted by atomic mass is 9.70. The summed E-state index contributed by atoms with van der Waals surface area (Å²) in [5.41, 5.74) is 1.67. The van der Waals surface area contributed by atoms with E-state index >= 15 is 0 Å². The van der Waals surface area contributed by atoms with E-state index in [4.69, 9.17) is 0 Å². The first-order valence-electron chi connectivity index (χ1n) is 7.63. The van der Waals surface area contributed by atoms with Crippen LogP contribution in [0.15, 0.2) is 15.2 Å². The summed E-state index contributed by atoms with van der Waals surface area (Å²) in [5.74, 6) is 0.872. The number of hydrogen-bond acceptors (Lipinski definition) is 3. The van der Waals surface area contributed by atoms with Crippen LogP contribution in [0.2, 0.25) is 0 Å². The zero-order valence-corrected chi connectivity index (χ0v) is 15.5. The maximum Gasteiger partial charge on any atom is 0.0526 e. The van der Waals surface area contributed by atoms with Crippen molar-refractivity contribution in [1.82, 2.24) is 10.2 Å². The lowest BCUT2D eigenvalue weighted by Crippen LogP contribution is -2.55. The zero-order chi connectivity index (χ0) is 14.8.